The van der Waals surface area contributed by atoms with Gasteiger partial charge in [-0.05, 0) is 30.2 Å². The highest BCUT2D eigenvalue weighted by Crippen LogP contribution is 2.31. The van der Waals surface area contributed by atoms with Crippen molar-refractivity contribution in [1.82, 2.24) is 15.1 Å². The number of aromatic amines is 1. The van der Waals surface area contributed by atoms with E-state index in [1.54, 1.807) is 24.1 Å². The zero-order valence-corrected chi connectivity index (χ0v) is 13.0. The van der Waals surface area contributed by atoms with E-state index < -0.39 is 11.7 Å². The lowest BCUT2D eigenvalue weighted by atomic mass is 10.0. The smallest absolute Gasteiger partial charge is 0.334 e. The third-order valence-electron chi connectivity index (χ3n) is 4.10. The molecule has 0 fully saturated rings. The van der Waals surface area contributed by atoms with Gasteiger partial charge in [0, 0.05) is 36.8 Å². The van der Waals surface area contributed by atoms with E-state index >= 15 is 0 Å². The Kier molecular flexibility index (Phi) is 4.17. The van der Waals surface area contributed by atoms with Crippen LogP contribution < -0.4 is 0 Å². The molecule has 0 saturated carbocycles. The molecule has 3 rings (SSSR count). The van der Waals surface area contributed by atoms with E-state index in [-0.39, 0.29) is 5.91 Å². The monoisotopic (exact) mass is 335 g/mol. The molecular weight excluding hydrogens is 319 g/mol. The molecule has 2 heterocycles. The number of halogens is 3. The first-order valence-corrected chi connectivity index (χ1v) is 7.50. The van der Waals surface area contributed by atoms with Crippen molar-refractivity contribution in [2.24, 2.45) is 0 Å². The van der Waals surface area contributed by atoms with Gasteiger partial charge in [0.15, 0.2) is 0 Å². The second-order valence-corrected chi connectivity index (χ2v) is 5.79. The number of hydrogen-bond acceptors (Lipinski definition) is 2. The Bertz CT molecular complexity index is 792. The molecule has 7 heteroatoms. The summed E-state index contributed by atoms with van der Waals surface area (Å²) in [5.74, 6) is -0.211. The molecule has 1 aromatic heterocycles. The van der Waals surface area contributed by atoms with Crippen molar-refractivity contribution >= 4 is 11.5 Å². The molecule has 0 saturated heterocycles. The highest BCUT2D eigenvalue weighted by atomic mass is 19.4. The van der Waals surface area contributed by atoms with Crippen LogP contribution in [0.4, 0.5) is 13.2 Å². The standard InChI is InChI=1S/C17H16F3N3O/c1-11(12-3-2-4-14(8-12)17(18,19)20)7-16(24)23-6-5-15-13(10-23)9-21-22-15/h2-4,7-9H,5-6,10H2,1H3,(H,21,22). The van der Waals surface area contributed by atoms with Gasteiger partial charge in [0.2, 0.25) is 5.91 Å². The topological polar surface area (TPSA) is 49.0 Å². The molecule has 126 valence electrons. The number of rotatable bonds is 2. The molecule has 2 aromatic rings. The minimum Gasteiger partial charge on any atom is -0.334 e. The number of carbonyl (C=O) groups is 1. The first kappa shape index (κ1) is 16.3. The van der Waals surface area contributed by atoms with Crippen molar-refractivity contribution in [1.29, 1.82) is 0 Å². The van der Waals surface area contributed by atoms with Gasteiger partial charge in [-0.2, -0.15) is 18.3 Å². The molecule has 4 nitrogen and oxygen atoms in total. The van der Waals surface area contributed by atoms with Crippen LogP contribution >= 0.6 is 0 Å². The molecule has 1 aliphatic heterocycles. The lowest BCUT2D eigenvalue weighted by molar-refractivity contribution is -0.137. The molecule has 1 aliphatic rings. The van der Waals surface area contributed by atoms with E-state index in [0.717, 1.165) is 23.4 Å². The summed E-state index contributed by atoms with van der Waals surface area (Å²) in [5, 5.41) is 6.85. The summed E-state index contributed by atoms with van der Waals surface area (Å²) in [4.78, 5) is 14.1. The van der Waals surface area contributed by atoms with Gasteiger partial charge < -0.3 is 4.90 Å². The summed E-state index contributed by atoms with van der Waals surface area (Å²) in [6, 6.07) is 4.99. The van der Waals surface area contributed by atoms with Crippen LogP contribution in [0.25, 0.3) is 5.57 Å². The minimum absolute atomic E-state index is 0.211. The number of fused-ring (bicyclic) bond motifs is 1. The molecule has 0 spiro atoms. The summed E-state index contributed by atoms with van der Waals surface area (Å²) < 4.78 is 38.4. The number of H-pyrrole nitrogens is 1. The summed E-state index contributed by atoms with van der Waals surface area (Å²) in [6.45, 7) is 2.65. The van der Waals surface area contributed by atoms with E-state index in [1.165, 1.54) is 12.1 Å². The maximum Gasteiger partial charge on any atom is 0.416 e. The van der Waals surface area contributed by atoms with Crippen LogP contribution in [0, 0.1) is 0 Å². The number of hydrogen-bond donors (Lipinski definition) is 1. The molecule has 1 N–H and O–H groups in total. The number of alkyl halides is 3. The Morgan fingerprint density at radius 2 is 2.17 bits per heavy atom. The van der Waals surface area contributed by atoms with Gasteiger partial charge in [0.25, 0.3) is 0 Å². The SMILES string of the molecule is CC(=CC(=O)N1CCc2[nH]ncc2C1)c1cccc(C(F)(F)F)c1. The summed E-state index contributed by atoms with van der Waals surface area (Å²) in [7, 11) is 0. The van der Waals surface area contributed by atoms with Crippen molar-refractivity contribution in [3.63, 3.8) is 0 Å². The maximum atomic E-state index is 12.8. The van der Waals surface area contributed by atoms with Gasteiger partial charge in [-0.1, -0.05) is 12.1 Å². The fraction of sp³-hybridized carbons (Fsp3) is 0.294. The molecule has 0 radical (unpaired) electrons. The van der Waals surface area contributed by atoms with E-state index in [4.69, 9.17) is 0 Å². The first-order valence-electron chi connectivity index (χ1n) is 7.50. The Morgan fingerprint density at radius 1 is 1.38 bits per heavy atom. The Hall–Kier alpha value is -2.57. The molecular formula is C17H16F3N3O. The second-order valence-electron chi connectivity index (χ2n) is 5.79. The van der Waals surface area contributed by atoms with Gasteiger partial charge in [-0.15, -0.1) is 0 Å². The Balaban J connectivity index is 1.77. The van der Waals surface area contributed by atoms with Crippen LogP contribution in [-0.2, 0) is 23.9 Å². The predicted molar refractivity (Wildman–Crippen MR) is 82.8 cm³/mol. The van der Waals surface area contributed by atoms with Crippen LogP contribution in [0.1, 0.15) is 29.3 Å². The fourth-order valence-corrected chi connectivity index (χ4v) is 2.71. The van der Waals surface area contributed by atoms with Gasteiger partial charge in [0.1, 0.15) is 0 Å². The number of carbonyl (C=O) groups excluding carboxylic acids is 1. The second kappa shape index (κ2) is 6.14. The molecule has 0 unspecified atom stereocenters. The molecule has 24 heavy (non-hydrogen) atoms. The highest BCUT2D eigenvalue weighted by Gasteiger charge is 2.30. The maximum absolute atomic E-state index is 12.8. The molecule has 0 aliphatic carbocycles. The molecule has 1 amide bonds. The van der Waals surface area contributed by atoms with Crippen molar-refractivity contribution in [3.8, 4) is 0 Å². The van der Waals surface area contributed by atoms with Gasteiger partial charge >= 0.3 is 6.18 Å². The van der Waals surface area contributed by atoms with Gasteiger partial charge in [-0.3, -0.25) is 9.89 Å². The number of aromatic nitrogens is 2. The van der Waals surface area contributed by atoms with Crippen molar-refractivity contribution in [2.45, 2.75) is 26.1 Å². The summed E-state index contributed by atoms with van der Waals surface area (Å²) >= 11 is 0. The zero-order chi connectivity index (χ0) is 17.3. The third kappa shape index (κ3) is 3.34. The number of nitrogens with one attached hydrogen (secondary N) is 1. The van der Waals surface area contributed by atoms with Crippen LogP contribution in [0.2, 0.25) is 0 Å². The lowest BCUT2D eigenvalue weighted by Gasteiger charge is -2.25. The number of nitrogens with zero attached hydrogens (tertiary/aromatic N) is 2. The van der Waals surface area contributed by atoms with Crippen molar-refractivity contribution in [3.05, 3.63) is 58.9 Å². The van der Waals surface area contributed by atoms with Crippen molar-refractivity contribution < 1.29 is 18.0 Å². The third-order valence-corrected chi connectivity index (χ3v) is 4.10. The minimum atomic E-state index is -4.40. The van der Waals surface area contributed by atoms with Crippen molar-refractivity contribution in [2.75, 3.05) is 6.54 Å². The number of allylic oxidation sites excluding steroid dienone is 1. The lowest BCUT2D eigenvalue weighted by Crippen LogP contribution is -2.34. The number of amides is 1. The van der Waals surface area contributed by atoms with Crippen LogP contribution in [0.5, 0.6) is 0 Å². The van der Waals surface area contributed by atoms with Gasteiger partial charge in [-0.25, -0.2) is 0 Å². The first-order chi connectivity index (χ1) is 11.3. The normalized spacial score (nSPS) is 15.3. The quantitative estimate of drug-likeness (QED) is 0.855. The average Bonchev–Trinajstić information content (AvgIpc) is 3.01. The van der Waals surface area contributed by atoms with Gasteiger partial charge in [0.05, 0.1) is 11.8 Å². The fourth-order valence-electron chi connectivity index (χ4n) is 2.71. The van der Waals surface area contributed by atoms with Crippen LogP contribution in [0.15, 0.2) is 36.5 Å². The largest absolute Gasteiger partial charge is 0.416 e. The highest BCUT2D eigenvalue weighted by molar-refractivity contribution is 5.95. The van der Waals surface area contributed by atoms with E-state index in [1.807, 2.05) is 0 Å². The van der Waals surface area contributed by atoms with E-state index in [9.17, 15) is 18.0 Å². The molecule has 0 atom stereocenters. The molecule has 0 bridgehead atoms. The summed E-state index contributed by atoms with van der Waals surface area (Å²) in [6.07, 6.45) is -0.624. The van der Waals surface area contributed by atoms with E-state index in [2.05, 4.69) is 10.2 Å². The zero-order valence-electron chi connectivity index (χ0n) is 13.0. The summed E-state index contributed by atoms with van der Waals surface area (Å²) in [5.41, 5.74) is 2.17. The molecule has 1 aromatic carbocycles. The number of benzene rings is 1. The predicted octanol–water partition coefficient (Wildman–Crippen LogP) is 3.42. The van der Waals surface area contributed by atoms with Crippen LogP contribution in [-0.4, -0.2) is 27.5 Å². The Morgan fingerprint density at radius 3 is 2.92 bits per heavy atom. The van der Waals surface area contributed by atoms with Crippen LogP contribution in [0.3, 0.4) is 0 Å². The van der Waals surface area contributed by atoms with E-state index in [0.29, 0.717) is 30.6 Å². The average molecular weight is 335 g/mol. The Labute approximate surface area is 137 Å².